The fraction of sp³-hybridized carbons (Fsp3) is 0.296. The number of carbonyl (C=O) groups is 1. The van der Waals surface area contributed by atoms with Crippen molar-refractivity contribution in [1.82, 2.24) is 5.32 Å². The first kappa shape index (κ1) is 24.7. The zero-order chi connectivity index (χ0) is 23.7. The van der Waals surface area contributed by atoms with Crippen LogP contribution in [0.4, 0.5) is 4.79 Å². The van der Waals surface area contributed by atoms with Crippen LogP contribution in [0.15, 0.2) is 91.0 Å². The first-order valence-electron chi connectivity index (χ1n) is 11.2. The largest absolute Gasteiger partial charge is 0.445 e. The Morgan fingerprint density at radius 1 is 0.879 bits per heavy atom. The van der Waals surface area contributed by atoms with E-state index in [1.165, 1.54) is 0 Å². The lowest BCUT2D eigenvalue weighted by Crippen LogP contribution is -2.67. The van der Waals surface area contributed by atoms with E-state index in [0.717, 1.165) is 15.9 Å². The maximum Gasteiger partial charge on any atom is 0.407 e. The van der Waals surface area contributed by atoms with Crippen molar-refractivity contribution in [1.29, 1.82) is 0 Å². The fourth-order valence-electron chi connectivity index (χ4n) is 4.06. The third kappa shape index (κ3) is 6.10. The Morgan fingerprint density at radius 3 is 1.82 bits per heavy atom. The lowest BCUT2D eigenvalue weighted by atomic mass is 10.2. The van der Waals surface area contributed by atoms with Gasteiger partial charge >= 0.3 is 6.09 Å². The number of alkyl carbamates (subject to hydrolysis) is 1. The highest BCUT2D eigenvalue weighted by Gasteiger charge is 2.50. The second kappa shape index (κ2) is 11.3. The van der Waals surface area contributed by atoms with E-state index < -0.39 is 20.5 Å². The Hall–Kier alpha value is -2.93. The van der Waals surface area contributed by atoms with Crippen LogP contribution in [-0.4, -0.2) is 38.8 Å². The Balaban J connectivity index is 1.79. The van der Waals surface area contributed by atoms with Gasteiger partial charge in [-0.3, -0.25) is 0 Å². The highest BCUT2D eigenvalue weighted by atomic mass is 28.4. The molecular weight excluding hydrogens is 430 g/mol. The van der Waals surface area contributed by atoms with Gasteiger partial charge in [0.15, 0.2) is 0 Å². The molecule has 0 spiro atoms. The molecule has 0 radical (unpaired) electrons. The van der Waals surface area contributed by atoms with Gasteiger partial charge in [0.25, 0.3) is 8.32 Å². The van der Waals surface area contributed by atoms with Gasteiger partial charge in [-0.05, 0) is 21.0 Å². The van der Waals surface area contributed by atoms with E-state index in [1.807, 2.05) is 66.7 Å². The molecule has 0 saturated carbocycles. The van der Waals surface area contributed by atoms with Gasteiger partial charge in [-0.25, -0.2) is 4.79 Å². The van der Waals surface area contributed by atoms with E-state index in [2.05, 4.69) is 50.4 Å². The number of hydrogen-bond acceptors (Lipinski definition) is 4. The molecule has 3 aromatic carbocycles. The van der Waals surface area contributed by atoms with Gasteiger partial charge in [0, 0.05) is 0 Å². The van der Waals surface area contributed by atoms with Gasteiger partial charge in [0.1, 0.15) is 6.61 Å². The Kier molecular flexibility index (Phi) is 8.44. The molecule has 1 amide bonds. The normalized spacial score (nSPS) is 12.7. The number of carbonyl (C=O) groups excluding carboxylic acids is 1. The molecule has 1 unspecified atom stereocenters. The Bertz CT molecular complexity index is 951. The SMILES string of the molecule is CC(C)(C)[Si](OCC(CO)NC(=O)OCc1ccccc1)(c1ccccc1)c1ccccc1. The maximum absolute atomic E-state index is 12.4. The summed E-state index contributed by atoms with van der Waals surface area (Å²) in [5, 5.41) is 14.8. The fourth-order valence-corrected chi connectivity index (χ4v) is 8.67. The standard InChI is InChI=1S/C27H33NO4Si/c1-27(2,3)33(24-15-9-5-10-16-24,25-17-11-6-12-18-25)32-21-23(19-29)28-26(30)31-20-22-13-7-4-8-14-22/h4-18,23,29H,19-21H2,1-3H3,(H,28,30). The molecule has 3 rings (SSSR count). The van der Waals surface area contributed by atoms with Crippen LogP contribution in [0.3, 0.4) is 0 Å². The molecule has 6 heteroatoms. The smallest absolute Gasteiger partial charge is 0.407 e. The van der Waals surface area contributed by atoms with E-state index in [-0.39, 0.29) is 24.9 Å². The molecule has 0 heterocycles. The molecular formula is C27H33NO4Si. The van der Waals surface area contributed by atoms with Gasteiger partial charge in [-0.1, -0.05) is 112 Å². The molecule has 0 aliphatic carbocycles. The quantitative estimate of drug-likeness (QED) is 0.473. The molecule has 0 aliphatic heterocycles. The lowest BCUT2D eigenvalue weighted by Gasteiger charge is -2.43. The zero-order valence-corrected chi connectivity index (χ0v) is 20.5. The Morgan fingerprint density at radius 2 is 1.36 bits per heavy atom. The van der Waals surface area contributed by atoms with Crippen molar-refractivity contribution < 1.29 is 19.1 Å². The summed E-state index contributed by atoms with van der Waals surface area (Å²) < 4.78 is 12.1. The number of hydrogen-bond donors (Lipinski definition) is 2. The molecule has 0 aliphatic rings. The van der Waals surface area contributed by atoms with Crippen LogP contribution in [0.1, 0.15) is 26.3 Å². The van der Waals surface area contributed by atoms with Crippen molar-refractivity contribution in [2.24, 2.45) is 0 Å². The Labute approximate surface area is 197 Å². The van der Waals surface area contributed by atoms with Crippen molar-refractivity contribution in [3.05, 3.63) is 96.6 Å². The van der Waals surface area contributed by atoms with Crippen LogP contribution < -0.4 is 15.7 Å². The molecule has 2 N–H and O–H groups in total. The lowest BCUT2D eigenvalue weighted by molar-refractivity contribution is 0.118. The summed E-state index contributed by atoms with van der Waals surface area (Å²) in [5.41, 5.74) is 0.900. The zero-order valence-electron chi connectivity index (χ0n) is 19.5. The van der Waals surface area contributed by atoms with Gasteiger partial charge in [-0.15, -0.1) is 0 Å². The van der Waals surface area contributed by atoms with Crippen LogP contribution >= 0.6 is 0 Å². The van der Waals surface area contributed by atoms with Gasteiger partial charge in [0.05, 0.1) is 19.3 Å². The van der Waals surface area contributed by atoms with Crippen molar-refractivity contribution in [3.8, 4) is 0 Å². The van der Waals surface area contributed by atoms with Crippen molar-refractivity contribution in [3.63, 3.8) is 0 Å². The van der Waals surface area contributed by atoms with Crippen molar-refractivity contribution in [2.45, 2.75) is 38.5 Å². The second-order valence-corrected chi connectivity index (χ2v) is 13.4. The summed E-state index contributed by atoms with van der Waals surface area (Å²) >= 11 is 0. The highest BCUT2D eigenvalue weighted by Crippen LogP contribution is 2.36. The monoisotopic (exact) mass is 463 g/mol. The maximum atomic E-state index is 12.4. The van der Waals surface area contributed by atoms with Crippen LogP contribution in [0.2, 0.25) is 5.04 Å². The third-order valence-electron chi connectivity index (χ3n) is 5.67. The average molecular weight is 464 g/mol. The second-order valence-electron chi connectivity index (χ2n) is 9.06. The van der Waals surface area contributed by atoms with Crippen LogP contribution in [0.25, 0.3) is 0 Å². The van der Waals surface area contributed by atoms with Crippen LogP contribution in [0, 0.1) is 0 Å². The number of benzene rings is 3. The summed E-state index contributed by atoms with van der Waals surface area (Å²) in [6.07, 6.45) is -0.580. The molecule has 3 aromatic rings. The summed E-state index contributed by atoms with van der Waals surface area (Å²) in [6.45, 7) is 6.65. The summed E-state index contributed by atoms with van der Waals surface area (Å²) in [6, 6.07) is 29.4. The summed E-state index contributed by atoms with van der Waals surface area (Å²) in [5.74, 6) is 0. The molecule has 0 saturated heterocycles. The third-order valence-corrected chi connectivity index (χ3v) is 10.7. The average Bonchev–Trinajstić information content (AvgIpc) is 2.83. The number of aliphatic hydroxyl groups is 1. The number of amides is 1. The molecule has 33 heavy (non-hydrogen) atoms. The van der Waals surface area contributed by atoms with Crippen molar-refractivity contribution in [2.75, 3.05) is 13.2 Å². The molecule has 0 fully saturated rings. The number of aliphatic hydroxyl groups excluding tert-OH is 1. The molecule has 0 bridgehead atoms. The van der Waals surface area contributed by atoms with E-state index >= 15 is 0 Å². The van der Waals surface area contributed by atoms with E-state index in [4.69, 9.17) is 9.16 Å². The predicted molar refractivity (Wildman–Crippen MR) is 134 cm³/mol. The highest BCUT2D eigenvalue weighted by molar-refractivity contribution is 6.99. The van der Waals surface area contributed by atoms with Crippen LogP contribution in [-0.2, 0) is 15.8 Å². The number of nitrogens with one attached hydrogen (secondary N) is 1. The first-order valence-corrected chi connectivity index (χ1v) is 13.1. The van der Waals surface area contributed by atoms with E-state index in [9.17, 15) is 9.90 Å². The minimum absolute atomic E-state index is 0.167. The van der Waals surface area contributed by atoms with Crippen molar-refractivity contribution >= 4 is 24.8 Å². The van der Waals surface area contributed by atoms with E-state index in [0.29, 0.717) is 0 Å². The summed E-state index contributed by atoms with van der Waals surface area (Å²) in [7, 11) is -2.75. The number of ether oxygens (including phenoxy) is 1. The van der Waals surface area contributed by atoms with Gasteiger partial charge in [0.2, 0.25) is 0 Å². The van der Waals surface area contributed by atoms with Gasteiger partial charge < -0.3 is 19.6 Å². The topological polar surface area (TPSA) is 67.8 Å². The molecule has 174 valence electrons. The van der Waals surface area contributed by atoms with Gasteiger partial charge in [-0.2, -0.15) is 0 Å². The molecule has 0 aromatic heterocycles. The minimum atomic E-state index is -2.75. The molecule has 1 atom stereocenters. The minimum Gasteiger partial charge on any atom is -0.445 e. The predicted octanol–water partition coefficient (Wildman–Crippen LogP) is 3.85. The molecule has 5 nitrogen and oxygen atoms in total. The summed E-state index contributed by atoms with van der Waals surface area (Å²) in [4.78, 5) is 12.4. The van der Waals surface area contributed by atoms with Crippen LogP contribution in [0.5, 0.6) is 0 Å². The van der Waals surface area contributed by atoms with E-state index in [1.54, 1.807) is 0 Å². The first-order chi connectivity index (χ1) is 15.9. The number of rotatable bonds is 9.